The van der Waals surface area contributed by atoms with Gasteiger partial charge in [0, 0.05) is 67.1 Å². The Labute approximate surface area is 345 Å². The number of aromatic nitrogens is 6. The first kappa shape index (κ1) is 42.0. The van der Waals surface area contributed by atoms with Crippen LogP contribution in [0.1, 0.15) is 51.4 Å². The van der Waals surface area contributed by atoms with E-state index < -0.39 is 42.3 Å². The first-order valence-corrected chi connectivity index (χ1v) is 19.9. The average molecular weight is 832 g/mol. The van der Waals surface area contributed by atoms with Crippen molar-refractivity contribution in [2.45, 2.75) is 64.1 Å². The van der Waals surface area contributed by atoms with Crippen LogP contribution in [0, 0.1) is 17.6 Å². The minimum absolute atomic E-state index is 0.0768. The molecule has 2 aliphatic heterocycles. The highest BCUT2D eigenvalue weighted by Crippen LogP contribution is 2.42. The summed E-state index contributed by atoms with van der Waals surface area (Å²) in [5.74, 6) is -0.892. The van der Waals surface area contributed by atoms with Crippen molar-refractivity contribution >= 4 is 23.8 Å². The normalized spacial score (nSPS) is 19.5. The van der Waals surface area contributed by atoms with Gasteiger partial charge in [-0.1, -0.05) is 13.0 Å². The maximum Gasteiger partial charge on any atom is 0.511 e. The van der Waals surface area contributed by atoms with Crippen LogP contribution in [-0.4, -0.2) is 93.8 Å². The fourth-order valence-electron chi connectivity index (χ4n) is 7.87. The molecule has 0 spiro atoms. The molecule has 4 heterocycles. The maximum atomic E-state index is 15.3. The molecule has 0 bridgehead atoms. The fourth-order valence-corrected chi connectivity index (χ4v) is 7.87. The van der Waals surface area contributed by atoms with E-state index in [1.54, 1.807) is 20.2 Å². The highest BCUT2D eigenvalue weighted by molar-refractivity contribution is 5.63. The third-order valence-electron chi connectivity index (χ3n) is 11.1. The van der Waals surface area contributed by atoms with Crippen molar-refractivity contribution < 1.29 is 47.0 Å². The fraction of sp³-hybridized carbons (Fsp3) is 0.429. The van der Waals surface area contributed by atoms with Crippen LogP contribution >= 0.6 is 0 Å². The number of anilines is 2. The Morgan fingerprint density at radius 3 is 2.30 bits per heavy atom. The van der Waals surface area contributed by atoms with Crippen LogP contribution in [0.4, 0.5) is 25.0 Å². The standard InChI is InChI=1S/C42H49F2N8O8/c1-4-39(29(2)54)52-40(55)51(27-46-52)35-8-6-33(7-9-35)47-15-17-48(18-16-47)34-10-12-36(13-11-34)58-23-31-22-42(59-24-31,37-14-5-32(43)21-38(37)44)25-50-28-49(26-45-50)30(3)60-41(56)57-20-19-53/h5-14,19,21,26-31,39,54H,4,15-18,20,22-25H2,1-3H3/q+1/t29-,30?,31+,39-,42-/m0/s1. The molecule has 0 radical (unpaired) electrons. The Hall–Kier alpha value is -6.14. The second kappa shape index (κ2) is 18.4. The Balaban J connectivity index is 0.930. The van der Waals surface area contributed by atoms with Gasteiger partial charge in [-0.2, -0.15) is 9.67 Å². The summed E-state index contributed by atoms with van der Waals surface area (Å²) < 4.78 is 57.5. The Bertz CT molecular complexity index is 2290. The van der Waals surface area contributed by atoms with Gasteiger partial charge in [-0.15, -0.1) is 4.68 Å². The second-order valence-corrected chi connectivity index (χ2v) is 15.1. The summed E-state index contributed by atoms with van der Waals surface area (Å²) in [4.78, 5) is 40.0. The number of benzene rings is 3. The molecule has 5 atom stereocenters. The molecule has 2 saturated heterocycles. The van der Waals surface area contributed by atoms with Crippen LogP contribution in [0.5, 0.6) is 5.75 Å². The topological polar surface area (TPSA) is 159 Å². The summed E-state index contributed by atoms with van der Waals surface area (Å²) in [6, 6.07) is 18.8. The van der Waals surface area contributed by atoms with E-state index in [9.17, 15) is 23.9 Å². The third-order valence-corrected chi connectivity index (χ3v) is 11.1. The van der Waals surface area contributed by atoms with E-state index in [2.05, 4.69) is 24.7 Å². The van der Waals surface area contributed by atoms with Crippen LogP contribution < -0.4 is 24.8 Å². The number of rotatable bonds is 16. The lowest BCUT2D eigenvalue weighted by molar-refractivity contribution is -0.754. The van der Waals surface area contributed by atoms with Crippen LogP contribution in [-0.2, 0) is 31.2 Å². The summed E-state index contributed by atoms with van der Waals surface area (Å²) in [5.41, 5.74) is 1.54. The molecule has 18 heteroatoms. The molecule has 0 saturated carbocycles. The zero-order valence-corrected chi connectivity index (χ0v) is 33.7. The van der Waals surface area contributed by atoms with Gasteiger partial charge < -0.3 is 33.9 Å². The molecular weight excluding hydrogens is 783 g/mol. The van der Waals surface area contributed by atoms with Crippen LogP contribution in [0.2, 0.25) is 0 Å². The molecule has 16 nitrogen and oxygen atoms in total. The maximum absolute atomic E-state index is 15.3. The second-order valence-electron chi connectivity index (χ2n) is 15.1. The van der Waals surface area contributed by atoms with Crippen molar-refractivity contribution in [1.82, 2.24) is 24.1 Å². The monoisotopic (exact) mass is 831 g/mol. The molecular formula is C42H49F2N8O8+. The number of aldehydes is 1. The van der Waals surface area contributed by atoms with Gasteiger partial charge in [0.15, 0.2) is 12.9 Å². The van der Waals surface area contributed by atoms with Crippen molar-refractivity contribution in [3.05, 3.63) is 113 Å². The highest BCUT2D eigenvalue weighted by atomic mass is 19.1. The molecule has 60 heavy (non-hydrogen) atoms. The van der Waals surface area contributed by atoms with Crippen LogP contribution in [0.15, 0.2) is 90.5 Å². The smallest absolute Gasteiger partial charge is 0.493 e. The Kier molecular flexibility index (Phi) is 12.9. The van der Waals surface area contributed by atoms with E-state index in [1.807, 2.05) is 55.5 Å². The molecule has 5 aromatic rings. The van der Waals surface area contributed by atoms with Crippen molar-refractivity contribution in [1.29, 1.82) is 0 Å². The quantitative estimate of drug-likeness (QED) is 0.0854. The Morgan fingerprint density at radius 2 is 1.67 bits per heavy atom. The van der Waals surface area contributed by atoms with Crippen molar-refractivity contribution in [3.63, 3.8) is 0 Å². The number of hydrogen-bond donors (Lipinski definition) is 1. The van der Waals surface area contributed by atoms with Gasteiger partial charge in [0.25, 0.3) is 6.33 Å². The zero-order valence-electron chi connectivity index (χ0n) is 33.7. The first-order chi connectivity index (χ1) is 29.0. The number of aliphatic hydroxyl groups excluding tert-OH is 1. The lowest BCUT2D eigenvalue weighted by atomic mass is 9.87. The molecule has 2 fully saturated rings. The molecule has 2 aliphatic rings. The van der Waals surface area contributed by atoms with Gasteiger partial charge in [0.2, 0.25) is 12.6 Å². The molecule has 7 rings (SSSR count). The molecule has 0 amide bonds. The third kappa shape index (κ3) is 9.34. The Morgan fingerprint density at radius 1 is 1.00 bits per heavy atom. The highest BCUT2D eigenvalue weighted by Gasteiger charge is 2.46. The molecule has 3 aromatic carbocycles. The van der Waals surface area contributed by atoms with Gasteiger partial charge in [-0.25, -0.2) is 27.6 Å². The van der Waals surface area contributed by atoms with E-state index in [0.29, 0.717) is 37.2 Å². The van der Waals surface area contributed by atoms with Gasteiger partial charge in [0.1, 0.15) is 35.9 Å². The number of carbonyl (C=O) groups is 2. The summed E-state index contributed by atoms with van der Waals surface area (Å²) in [6.07, 6.45) is 3.34. The number of piperazine rings is 1. The average Bonchev–Trinajstić information content (AvgIpc) is 3.99. The van der Waals surface area contributed by atoms with Gasteiger partial charge in [0.05, 0.1) is 31.0 Å². The van der Waals surface area contributed by atoms with Crippen molar-refractivity contribution in [2.75, 3.05) is 55.8 Å². The van der Waals surface area contributed by atoms with Gasteiger partial charge >= 0.3 is 11.8 Å². The van der Waals surface area contributed by atoms with Crippen LogP contribution in [0.25, 0.3) is 5.69 Å². The summed E-state index contributed by atoms with van der Waals surface area (Å²) >= 11 is 0. The number of nitrogens with zero attached hydrogens (tertiary/aromatic N) is 8. The van der Waals surface area contributed by atoms with E-state index in [-0.39, 0.29) is 36.4 Å². The van der Waals surface area contributed by atoms with E-state index >= 15 is 4.39 Å². The SMILES string of the molecule is CC[C@@H]([C@H](C)O)n1ncn(-c2ccc(N3CCN(c4ccc(OC[C@@H]5CO[C@@](Cn6c[n+](C(C)OC(=O)OCC=O)cn6)(c6ccc(F)cc6F)C5)cc4)CC3)cc2)c1=O. The first-order valence-electron chi connectivity index (χ1n) is 19.9. The predicted molar refractivity (Wildman–Crippen MR) is 213 cm³/mol. The number of halogens is 2. The van der Waals surface area contributed by atoms with E-state index in [0.717, 1.165) is 43.6 Å². The molecule has 0 aliphatic carbocycles. The lowest BCUT2D eigenvalue weighted by Gasteiger charge is -2.37. The molecule has 318 valence electrons. The number of ether oxygens (including phenoxy) is 4. The van der Waals surface area contributed by atoms with Gasteiger partial charge in [-0.3, -0.25) is 4.79 Å². The molecule has 1 N–H and O–H groups in total. The summed E-state index contributed by atoms with van der Waals surface area (Å²) in [7, 11) is 0. The van der Waals surface area contributed by atoms with Crippen molar-refractivity contribution in [2.24, 2.45) is 5.92 Å². The van der Waals surface area contributed by atoms with E-state index in [4.69, 9.17) is 14.2 Å². The lowest BCUT2D eigenvalue weighted by Crippen LogP contribution is -2.46. The predicted octanol–water partition coefficient (Wildman–Crippen LogP) is 4.34. The molecule has 2 aromatic heterocycles. The summed E-state index contributed by atoms with van der Waals surface area (Å²) in [6.45, 7) is 8.60. The number of carbonyl (C=O) groups excluding carboxylic acids is 2. The number of aliphatic hydroxyl groups is 1. The minimum Gasteiger partial charge on any atom is -0.493 e. The number of hydrogen-bond acceptors (Lipinski definition) is 12. The summed E-state index contributed by atoms with van der Waals surface area (Å²) in [5, 5.41) is 18.7. The molecule has 1 unspecified atom stereocenters. The van der Waals surface area contributed by atoms with Crippen LogP contribution in [0.3, 0.4) is 0 Å². The minimum atomic E-state index is -1.20. The largest absolute Gasteiger partial charge is 0.511 e. The zero-order chi connectivity index (χ0) is 42.4. The van der Waals surface area contributed by atoms with E-state index in [1.165, 1.54) is 43.3 Å². The van der Waals surface area contributed by atoms with Crippen molar-refractivity contribution in [3.8, 4) is 11.4 Å². The van der Waals surface area contributed by atoms with Gasteiger partial charge in [-0.05, 0) is 74.4 Å².